The Morgan fingerprint density at radius 1 is 0.500 bits per heavy atom. The fourth-order valence-corrected chi connectivity index (χ4v) is 4.57. The number of pyridine rings is 1. The minimum absolute atomic E-state index is 0. The van der Waals surface area contributed by atoms with Crippen LogP contribution >= 0.6 is 0 Å². The summed E-state index contributed by atoms with van der Waals surface area (Å²) in [5.41, 5.74) is 10.9. The van der Waals surface area contributed by atoms with Crippen molar-refractivity contribution in [2.45, 2.75) is 92.9 Å². The standard InChI is InChI=1S/C33H43N3.3ClH.V/c1-20(2)26-14-11-15-27(21(3)4)32(26)34-24(9)30-18-13-19-31(36-30)25(10)35-33-28(22(5)6)16-12-17-29(33)23(7)8;;;;/h11-23H,1-10H3;3*1H;/p-3. The zero-order valence-corrected chi connectivity index (χ0v) is 29.1. The first-order valence-electron chi connectivity index (χ1n) is 13.3. The van der Waals surface area contributed by atoms with Gasteiger partial charge in [-0.1, -0.05) is 97.9 Å². The third kappa shape index (κ3) is 9.74. The monoisotopic (exact) mass is 637 g/mol. The smallest absolute Gasteiger partial charge is 0.0849 e. The molecule has 0 bridgehead atoms. The SMILES string of the molecule is CC(=Nc1c(C(C)C)cccc1C(C)C)c1cccc(C(C)=Nc2c(C(C)C)cccc2C(C)C)n1.[Cl-].[Cl-].[Cl-].[V]. The van der Waals surface area contributed by atoms with Crippen molar-refractivity contribution in [1.29, 1.82) is 0 Å². The van der Waals surface area contributed by atoms with Crippen molar-refractivity contribution in [1.82, 2.24) is 4.98 Å². The number of hydrogen-bond acceptors (Lipinski definition) is 3. The number of halogens is 3. The summed E-state index contributed by atoms with van der Waals surface area (Å²) in [7, 11) is 0. The Kier molecular flexibility index (Phi) is 18.3. The van der Waals surface area contributed by atoms with Crippen LogP contribution in [0.2, 0.25) is 0 Å². The van der Waals surface area contributed by atoms with Crippen LogP contribution in [-0.4, -0.2) is 16.4 Å². The minimum Gasteiger partial charge on any atom is -1.00 e. The molecule has 0 spiro atoms. The van der Waals surface area contributed by atoms with E-state index in [-0.39, 0.29) is 55.8 Å². The summed E-state index contributed by atoms with van der Waals surface area (Å²) < 4.78 is 0. The second-order valence-electron chi connectivity index (χ2n) is 11.0. The number of benzene rings is 2. The summed E-state index contributed by atoms with van der Waals surface area (Å²) in [4.78, 5) is 15.3. The van der Waals surface area contributed by atoms with Gasteiger partial charge in [-0.25, -0.2) is 4.98 Å². The van der Waals surface area contributed by atoms with Crippen LogP contribution in [0.25, 0.3) is 0 Å². The number of rotatable bonds is 8. The maximum Gasteiger partial charge on any atom is 0.0849 e. The molecule has 0 fully saturated rings. The van der Waals surface area contributed by atoms with Crippen LogP contribution in [0.15, 0.2) is 64.6 Å². The molecule has 0 saturated carbocycles. The molecule has 219 valence electrons. The van der Waals surface area contributed by atoms with Crippen LogP contribution in [0.1, 0.15) is 127 Å². The Hall–Kier alpha value is -1.62. The van der Waals surface area contributed by atoms with Gasteiger partial charge in [0.1, 0.15) is 0 Å². The molecule has 3 aromatic rings. The van der Waals surface area contributed by atoms with Gasteiger partial charge in [-0.2, -0.15) is 0 Å². The molecule has 0 N–H and O–H groups in total. The minimum atomic E-state index is 0. The van der Waals surface area contributed by atoms with Crippen LogP contribution in [0.4, 0.5) is 11.4 Å². The zero-order chi connectivity index (χ0) is 26.6. The molecule has 0 unspecified atom stereocenters. The predicted octanol–water partition coefficient (Wildman–Crippen LogP) is 0.866. The number of hydrogen-bond donors (Lipinski definition) is 0. The van der Waals surface area contributed by atoms with Gasteiger partial charge in [0.05, 0.1) is 34.2 Å². The third-order valence-electron chi connectivity index (χ3n) is 6.73. The third-order valence-corrected chi connectivity index (χ3v) is 6.73. The number of para-hydroxylation sites is 2. The van der Waals surface area contributed by atoms with E-state index in [1.54, 1.807) is 0 Å². The first-order chi connectivity index (χ1) is 17.0. The average molecular weight is 639 g/mol. The molecule has 1 heterocycles. The normalized spacial score (nSPS) is 11.7. The van der Waals surface area contributed by atoms with Crippen molar-refractivity contribution in [3.63, 3.8) is 0 Å². The fourth-order valence-electron chi connectivity index (χ4n) is 4.57. The molecular weight excluding hydrogens is 596 g/mol. The van der Waals surface area contributed by atoms with Crippen molar-refractivity contribution >= 4 is 22.8 Å². The van der Waals surface area contributed by atoms with E-state index in [9.17, 15) is 0 Å². The van der Waals surface area contributed by atoms with Gasteiger partial charge in [0.15, 0.2) is 0 Å². The molecule has 3 rings (SSSR count). The van der Waals surface area contributed by atoms with E-state index in [4.69, 9.17) is 15.0 Å². The zero-order valence-electron chi connectivity index (χ0n) is 25.4. The fraction of sp³-hybridized carbons (Fsp3) is 0.424. The van der Waals surface area contributed by atoms with Crippen molar-refractivity contribution in [2.75, 3.05) is 0 Å². The van der Waals surface area contributed by atoms with Crippen LogP contribution in [0.3, 0.4) is 0 Å². The molecule has 0 aliphatic heterocycles. The molecule has 0 aliphatic carbocycles. The Bertz CT molecular complexity index is 1130. The van der Waals surface area contributed by atoms with Gasteiger partial charge in [-0.05, 0) is 71.9 Å². The molecule has 2 aromatic carbocycles. The Morgan fingerprint density at radius 3 is 1.00 bits per heavy atom. The van der Waals surface area contributed by atoms with Crippen molar-refractivity contribution in [3.8, 4) is 0 Å². The molecule has 0 atom stereocenters. The van der Waals surface area contributed by atoms with Crippen LogP contribution < -0.4 is 37.2 Å². The summed E-state index contributed by atoms with van der Waals surface area (Å²) in [6.07, 6.45) is 0. The van der Waals surface area contributed by atoms with Crippen molar-refractivity contribution in [3.05, 3.63) is 88.2 Å². The Balaban J connectivity index is 0. The Labute approximate surface area is 273 Å². The summed E-state index contributed by atoms with van der Waals surface area (Å²) in [6, 6.07) is 19.2. The summed E-state index contributed by atoms with van der Waals surface area (Å²) in [5.74, 6) is 1.61. The van der Waals surface area contributed by atoms with E-state index >= 15 is 0 Å². The molecule has 0 saturated heterocycles. The maximum atomic E-state index is 5.15. The first-order valence-corrected chi connectivity index (χ1v) is 13.3. The van der Waals surface area contributed by atoms with Crippen LogP contribution in [0, 0.1) is 0 Å². The van der Waals surface area contributed by atoms with Gasteiger partial charge in [-0.3, -0.25) is 9.98 Å². The van der Waals surface area contributed by atoms with E-state index in [1.165, 1.54) is 22.3 Å². The average Bonchev–Trinajstić information content (AvgIpc) is 2.83. The molecule has 3 nitrogen and oxygen atoms in total. The number of aromatic nitrogens is 1. The first kappa shape index (κ1) is 40.5. The van der Waals surface area contributed by atoms with E-state index in [1.807, 2.05) is 12.1 Å². The van der Waals surface area contributed by atoms with Gasteiger partial charge in [-0.15, -0.1) is 0 Å². The maximum absolute atomic E-state index is 5.15. The van der Waals surface area contributed by atoms with Gasteiger partial charge in [0.2, 0.25) is 0 Å². The summed E-state index contributed by atoms with van der Waals surface area (Å²) in [5, 5.41) is 0. The van der Waals surface area contributed by atoms with Gasteiger partial charge < -0.3 is 37.2 Å². The second-order valence-corrected chi connectivity index (χ2v) is 11.0. The van der Waals surface area contributed by atoms with E-state index < -0.39 is 0 Å². The predicted molar refractivity (Wildman–Crippen MR) is 157 cm³/mol. The molecule has 7 heteroatoms. The molecule has 40 heavy (non-hydrogen) atoms. The van der Waals surface area contributed by atoms with E-state index in [0.717, 1.165) is 34.2 Å². The van der Waals surface area contributed by atoms with Gasteiger partial charge in [0.25, 0.3) is 0 Å². The molecule has 0 amide bonds. The second kappa shape index (κ2) is 18.0. The van der Waals surface area contributed by atoms with E-state index in [0.29, 0.717) is 23.7 Å². The van der Waals surface area contributed by atoms with Crippen LogP contribution in [-0.2, 0) is 18.6 Å². The largest absolute Gasteiger partial charge is 1.00 e. The number of nitrogens with zero attached hydrogens (tertiary/aromatic N) is 3. The summed E-state index contributed by atoms with van der Waals surface area (Å²) >= 11 is 0. The topological polar surface area (TPSA) is 37.6 Å². The molecule has 1 radical (unpaired) electrons. The molecule has 1 aromatic heterocycles. The Morgan fingerprint density at radius 2 is 0.750 bits per heavy atom. The van der Waals surface area contributed by atoms with Crippen molar-refractivity contribution < 1.29 is 55.8 Å². The van der Waals surface area contributed by atoms with Crippen LogP contribution in [0.5, 0.6) is 0 Å². The van der Waals surface area contributed by atoms with E-state index in [2.05, 4.69) is 112 Å². The molecule has 0 aliphatic rings. The quantitative estimate of drug-likeness (QED) is 0.338. The summed E-state index contributed by atoms with van der Waals surface area (Å²) in [6.45, 7) is 22.0. The van der Waals surface area contributed by atoms with Gasteiger partial charge >= 0.3 is 0 Å². The van der Waals surface area contributed by atoms with Crippen molar-refractivity contribution in [2.24, 2.45) is 9.98 Å². The molecular formula is C33H43Cl3N3V-3. The number of aliphatic imine (C=N–C) groups is 2. The van der Waals surface area contributed by atoms with Gasteiger partial charge in [0, 0.05) is 18.6 Å².